The van der Waals surface area contributed by atoms with Crippen LogP contribution in [-0.2, 0) is 7.05 Å². The van der Waals surface area contributed by atoms with E-state index in [1.165, 1.54) is 31.4 Å². The van der Waals surface area contributed by atoms with Crippen molar-refractivity contribution in [2.75, 3.05) is 5.32 Å². The van der Waals surface area contributed by atoms with Gasteiger partial charge in [-0.05, 0) is 32.0 Å². The monoisotopic (exact) mass is 506 g/mol. The normalized spacial score (nSPS) is 11.4. The molecule has 4 heterocycles. The fourth-order valence-corrected chi connectivity index (χ4v) is 5.49. The summed E-state index contributed by atoms with van der Waals surface area (Å²) in [6, 6.07) is 4.73. The molecule has 0 aliphatic heterocycles. The molecule has 0 saturated carbocycles. The maximum absolute atomic E-state index is 13.6. The number of nitro groups is 1. The molecule has 0 bridgehead atoms. The van der Waals surface area contributed by atoms with E-state index in [0.717, 1.165) is 20.9 Å². The van der Waals surface area contributed by atoms with Crippen LogP contribution in [0.2, 0.25) is 0 Å². The smallest absolute Gasteiger partial charge is 0.322 e. The number of nitrogens with two attached hydrogens (primary N) is 1. The van der Waals surface area contributed by atoms with Crippen LogP contribution < -0.4 is 11.1 Å². The summed E-state index contributed by atoms with van der Waals surface area (Å²) in [5.41, 5.74) is 4.48. The number of nitrogens with one attached hydrogen (secondary N) is 1. The van der Waals surface area contributed by atoms with Crippen molar-refractivity contribution >= 4 is 56.1 Å². The van der Waals surface area contributed by atoms with E-state index in [1.54, 1.807) is 12.1 Å². The van der Waals surface area contributed by atoms with Gasteiger partial charge in [-0.25, -0.2) is 13.8 Å². The van der Waals surface area contributed by atoms with Crippen LogP contribution in [0.15, 0.2) is 18.2 Å². The molecule has 4 rings (SSSR count). The van der Waals surface area contributed by atoms with E-state index >= 15 is 0 Å². The van der Waals surface area contributed by atoms with E-state index in [4.69, 9.17) is 5.73 Å². The van der Waals surface area contributed by atoms with E-state index in [1.807, 2.05) is 6.92 Å². The predicted octanol–water partition coefficient (Wildman–Crippen LogP) is 4.57. The first-order valence-corrected chi connectivity index (χ1v) is 11.2. The molecule has 0 aromatic carbocycles. The summed E-state index contributed by atoms with van der Waals surface area (Å²) in [4.78, 5) is 41.6. The molecule has 3 N–H and O–H groups in total. The summed E-state index contributed by atoms with van der Waals surface area (Å²) < 4.78 is 28.2. The minimum atomic E-state index is -2.87. The Morgan fingerprint density at radius 3 is 2.53 bits per heavy atom. The van der Waals surface area contributed by atoms with Gasteiger partial charge in [0.1, 0.15) is 21.1 Å². The van der Waals surface area contributed by atoms with E-state index in [0.29, 0.717) is 10.4 Å². The van der Waals surface area contributed by atoms with Gasteiger partial charge in [-0.15, -0.1) is 22.7 Å². The van der Waals surface area contributed by atoms with Gasteiger partial charge >= 0.3 is 5.69 Å². The van der Waals surface area contributed by atoms with E-state index in [2.05, 4.69) is 15.4 Å². The van der Waals surface area contributed by atoms with Crippen LogP contribution in [0.4, 0.5) is 20.2 Å². The summed E-state index contributed by atoms with van der Waals surface area (Å²) in [6.45, 7) is 3.23. The second kappa shape index (κ2) is 8.53. The number of thiophene rings is 2. The second-order valence-electron chi connectivity index (χ2n) is 7.27. The minimum absolute atomic E-state index is 0.0287. The van der Waals surface area contributed by atoms with Gasteiger partial charge in [0.2, 0.25) is 5.69 Å². The highest BCUT2D eigenvalue weighted by atomic mass is 32.1. The van der Waals surface area contributed by atoms with Gasteiger partial charge in [0.15, 0.2) is 0 Å². The lowest BCUT2D eigenvalue weighted by atomic mass is 10.1. The Morgan fingerprint density at radius 2 is 1.97 bits per heavy atom. The Kier molecular flexibility index (Phi) is 5.87. The lowest BCUT2D eigenvalue weighted by Crippen LogP contribution is -2.20. The summed E-state index contributed by atoms with van der Waals surface area (Å²) >= 11 is 2.08. The highest BCUT2D eigenvalue weighted by molar-refractivity contribution is 7.21. The molecule has 0 spiro atoms. The zero-order chi connectivity index (χ0) is 24.9. The van der Waals surface area contributed by atoms with Crippen LogP contribution in [0.5, 0.6) is 0 Å². The van der Waals surface area contributed by atoms with E-state index in [-0.39, 0.29) is 32.2 Å². The molecule has 0 radical (unpaired) electrons. The maximum Gasteiger partial charge on any atom is 0.322 e. The van der Waals surface area contributed by atoms with Gasteiger partial charge in [0.05, 0.1) is 10.6 Å². The first kappa shape index (κ1) is 23.4. The van der Waals surface area contributed by atoms with Crippen molar-refractivity contribution in [2.24, 2.45) is 12.8 Å². The average molecular weight is 507 g/mol. The summed E-state index contributed by atoms with van der Waals surface area (Å²) in [5, 5.41) is 18.2. The molecule has 0 atom stereocenters. The fourth-order valence-electron chi connectivity index (χ4n) is 3.59. The number of nitrogens with zero attached hydrogens (tertiary/aromatic N) is 4. The Morgan fingerprint density at radius 1 is 1.26 bits per heavy atom. The molecule has 0 saturated heterocycles. The number of aromatic nitrogens is 3. The molecular weight excluding hydrogens is 490 g/mol. The highest BCUT2D eigenvalue weighted by Gasteiger charge is 2.32. The summed E-state index contributed by atoms with van der Waals surface area (Å²) in [5.74, 6) is -1.83. The number of carbonyl (C=O) groups excluding carboxylic acids is 2. The molecule has 0 aliphatic rings. The van der Waals surface area contributed by atoms with Gasteiger partial charge in [0, 0.05) is 27.8 Å². The van der Waals surface area contributed by atoms with Gasteiger partial charge in [-0.3, -0.25) is 24.4 Å². The van der Waals surface area contributed by atoms with E-state index < -0.39 is 34.5 Å². The summed E-state index contributed by atoms with van der Waals surface area (Å²) in [6.07, 6.45) is -2.87. The number of hydrogen-bond donors (Lipinski definition) is 2. The summed E-state index contributed by atoms with van der Waals surface area (Å²) in [7, 11) is 1.37. The van der Waals surface area contributed by atoms with Crippen molar-refractivity contribution in [1.82, 2.24) is 14.8 Å². The Bertz CT molecular complexity index is 1490. The number of anilines is 1. The molecule has 34 heavy (non-hydrogen) atoms. The third kappa shape index (κ3) is 3.90. The van der Waals surface area contributed by atoms with Crippen LogP contribution in [0.25, 0.3) is 20.7 Å². The highest BCUT2D eigenvalue weighted by Crippen LogP contribution is 2.44. The average Bonchev–Trinajstić information content (AvgIpc) is 3.42. The number of rotatable bonds is 6. The van der Waals surface area contributed by atoms with Crippen molar-refractivity contribution in [2.45, 2.75) is 20.3 Å². The standard InChI is InChI=1S/C20H16F2N6O4S2/c1-7-4-5-11(33-7)9-6-10(17(21)22)24-20-12(9)13(16(34-20)18(23)29)25-19(30)15-14(28(31)32)8(2)26-27(15)3/h4-6,17H,1-3H3,(H2,23,29)(H,25,30). The fraction of sp³-hybridized carbons (Fsp3) is 0.200. The number of primary amides is 1. The van der Waals surface area contributed by atoms with Crippen LogP contribution in [0.3, 0.4) is 0 Å². The zero-order valence-corrected chi connectivity index (χ0v) is 19.5. The van der Waals surface area contributed by atoms with Crippen LogP contribution in [-0.4, -0.2) is 31.5 Å². The largest absolute Gasteiger partial charge is 0.365 e. The van der Waals surface area contributed by atoms with Gasteiger partial charge in [-0.1, -0.05) is 0 Å². The van der Waals surface area contributed by atoms with Crippen molar-refractivity contribution in [3.63, 3.8) is 0 Å². The van der Waals surface area contributed by atoms with Gasteiger partial charge in [0.25, 0.3) is 18.2 Å². The molecule has 4 aromatic rings. The second-order valence-corrected chi connectivity index (χ2v) is 9.56. The van der Waals surface area contributed by atoms with Gasteiger partial charge in [-0.2, -0.15) is 5.10 Å². The molecule has 4 aromatic heterocycles. The van der Waals surface area contributed by atoms with Crippen LogP contribution in [0.1, 0.15) is 42.9 Å². The zero-order valence-electron chi connectivity index (χ0n) is 17.9. The molecule has 2 amide bonds. The molecular formula is C20H16F2N6O4S2. The molecule has 0 unspecified atom stereocenters. The number of aryl methyl sites for hydroxylation is 3. The number of hydrogen-bond acceptors (Lipinski definition) is 8. The first-order valence-electron chi connectivity index (χ1n) is 9.61. The van der Waals surface area contributed by atoms with Crippen LogP contribution >= 0.6 is 22.7 Å². The van der Waals surface area contributed by atoms with Crippen molar-refractivity contribution in [3.8, 4) is 10.4 Å². The Balaban J connectivity index is 1.97. The molecule has 0 aliphatic carbocycles. The molecule has 10 nitrogen and oxygen atoms in total. The number of fused-ring (bicyclic) bond motifs is 1. The predicted molar refractivity (Wildman–Crippen MR) is 124 cm³/mol. The lowest BCUT2D eigenvalue weighted by Gasteiger charge is -2.10. The molecule has 176 valence electrons. The Hall–Kier alpha value is -3.78. The number of amides is 2. The number of pyridine rings is 1. The topological polar surface area (TPSA) is 146 Å². The van der Waals surface area contributed by atoms with Crippen molar-refractivity contribution < 1.29 is 23.3 Å². The van der Waals surface area contributed by atoms with Crippen molar-refractivity contribution in [3.05, 3.63) is 55.1 Å². The SMILES string of the molecule is Cc1ccc(-c2cc(C(F)F)nc3sc(C(N)=O)c(NC(=O)c4c([N+](=O)[O-])c(C)nn4C)c23)s1. The Labute approximate surface area is 198 Å². The van der Waals surface area contributed by atoms with Crippen molar-refractivity contribution in [1.29, 1.82) is 0 Å². The minimum Gasteiger partial charge on any atom is -0.365 e. The first-order chi connectivity index (χ1) is 16.0. The third-order valence-electron chi connectivity index (χ3n) is 4.96. The quantitative estimate of drug-likeness (QED) is 0.289. The maximum atomic E-state index is 13.6. The molecule has 14 heteroatoms. The van der Waals surface area contributed by atoms with E-state index in [9.17, 15) is 28.5 Å². The number of carbonyl (C=O) groups is 2. The number of halogens is 2. The van der Waals surface area contributed by atoms with Crippen LogP contribution in [0, 0.1) is 24.0 Å². The van der Waals surface area contributed by atoms with Gasteiger partial charge < -0.3 is 11.1 Å². The number of alkyl halides is 2. The third-order valence-corrected chi connectivity index (χ3v) is 7.09. The lowest BCUT2D eigenvalue weighted by molar-refractivity contribution is -0.385. The molecule has 0 fully saturated rings.